The van der Waals surface area contributed by atoms with Gasteiger partial charge in [-0.05, 0) is 44.4 Å². The number of nitrogens with zero attached hydrogens (tertiary/aromatic N) is 5. The Balaban J connectivity index is 1.32. The van der Waals surface area contributed by atoms with Gasteiger partial charge in [-0.1, -0.05) is 5.16 Å². The zero-order valence-corrected chi connectivity index (χ0v) is 22.5. The molecule has 4 N–H and O–H groups in total. The molecule has 0 bridgehead atoms. The van der Waals surface area contributed by atoms with Crippen LogP contribution >= 0.6 is 23.7 Å². The summed E-state index contributed by atoms with van der Waals surface area (Å²) in [5.41, 5.74) is 6.54. The molecule has 1 aromatic heterocycles. The summed E-state index contributed by atoms with van der Waals surface area (Å²) in [6.07, 6.45) is 6.13. The highest BCUT2D eigenvalue weighted by Gasteiger charge is 2.53. The summed E-state index contributed by atoms with van der Waals surface area (Å²) >= 11 is 2.47. The van der Waals surface area contributed by atoms with Crippen LogP contribution in [0.1, 0.15) is 24.4 Å². The first kappa shape index (κ1) is 26.5. The Kier molecular flexibility index (Phi) is 7.61. The Morgan fingerprint density at radius 1 is 1.45 bits per heavy atom. The van der Waals surface area contributed by atoms with Crippen molar-refractivity contribution in [1.82, 2.24) is 19.8 Å². The number of nitrogens with two attached hydrogens (primary N) is 1. The van der Waals surface area contributed by atoms with Gasteiger partial charge >= 0.3 is 0 Å². The second kappa shape index (κ2) is 10.9. The largest absolute Gasteiger partial charge is 0.543 e. The number of thioether (sulfide) groups is 1. The molecule has 4 atom stereocenters. The zero-order valence-electron chi connectivity index (χ0n) is 20.8. The van der Waals surface area contributed by atoms with E-state index < -0.39 is 34.7 Å². The van der Waals surface area contributed by atoms with Gasteiger partial charge in [0.1, 0.15) is 18.5 Å². The number of nitrogens with one attached hydrogen (secondary N) is 2. The van der Waals surface area contributed by atoms with Crippen molar-refractivity contribution < 1.29 is 28.9 Å². The van der Waals surface area contributed by atoms with Crippen molar-refractivity contribution in [3.8, 4) is 0 Å². The number of aliphatic imine (C=N–C) groups is 1. The summed E-state index contributed by atoms with van der Waals surface area (Å²) in [5, 5.41) is 17.9. The van der Waals surface area contributed by atoms with E-state index in [1.54, 1.807) is 0 Å². The van der Waals surface area contributed by atoms with Gasteiger partial charge in [0.15, 0.2) is 30.3 Å². The zero-order chi connectivity index (χ0) is 27.0. The smallest absolute Gasteiger partial charge is 0.277 e. The molecular formula is C23H28N8O5S2. The molecule has 5 heterocycles. The molecule has 4 aliphatic heterocycles. The minimum absolute atomic E-state index is 0.127. The van der Waals surface area contributed by atoms with E-state index in [-0.39, 0.29) is 17.2 Å². The van der Waals surface area contributed by atoms with Gasteiger partial charge in [0.2, 0.25) is 5.71 Å². The molecule has 0 saturated carbocycles. The molecule has 0 spiro atoms. The molecule has 0 aliphatic carbocycles. The Morgan fingerprint density at radius 3 is 2.92 bits per heavy atom. The molecule has 13 nitrogen and oxygen atoms in total. The molecule has 2 fully saturated rings. The maximum atomic E-state index is 13.1. The number of aromatic nitrogens is 1. The molecule has 2 saturated heterocycles. The SMILES string of the molecule is CO/N=C(\C(=O)N[C@@H]1C(=O)N2C(C(=O)[O-])=C(C[n+]3cccc(C4CCCN4C)c3)CSC12)C1=NC(N)SN1. The van der Waals surface area contributed by atoms with Crippen LogP contribution < -0.4 is 25.4 Å². The molecule has 2 amide bonds. The van der Waals surface area contributed by atoms with Crippen LogP contribution in [0, 0.1) is 0 Å². The van der Waals surface area contributed by atoms with Crippen molar-refractivity contribution >= 4 is 53.0 Å². The third-order valence-corrected chi connectivity index (χ3v) is 8.84. The number of amidine groups is 1. The van der Waals surface area contributed by atoms with Crippen LogP contribution in [0.5, 0.6) is 0 Å². The number of oxime groups is 1. The number of carboxylic acids is 1. The van der Waals surface area contributed by atoms with E-state index in [9.17, 15) is 19.5 Å². The van der Waals surface area contributed by atoms with Crippen LogP contribution in [0.25, 0.3) is 0 Å². The Labute approximate surface area is 227 Å². The molecular weight excluding hydrogens is 532 g/mol. The normalized spacial score (nSPS) is 27.4. The summed E-state index contributed by atoms with van der Waals surface area (Å²) in [5.74, 6) is -2.16. The average Bonchev–Trinajstić information content (AvgIpc) is 3.53. The van der Waals surface area contributed by atoms with Crippen LogP contribution in [-0.2, 0) is 25.8 Å². The molecule has 1 aromatic rings. The van der Waals surface area contributed by atoms with Gasteiger partial charge in [-0.2, -0.15) is 0 Å². The Morgan fingerprint density at radius 2 is 2.26 bits per heavy atom. The average molecular weight is 561 g/mol. The number of likely N-dealkylation sites (tertiary alicyclic amines) is 1. The van der Waals surface area contributed by atoms with E-state index in [0.717, 1.165) is 31.3 Å². The van der Waals surface area contributed by atoms with Crippen LogP contribution in [0.2, 0.25) is 0 Å². The summed E-state index contributed by atoms with van der Waals surface area (Å²) in [6, 6.07) is 3.42. The first-order valence-corrected chi connectivity index (χ1v) is 14.0. The number of hydrogen-bond donors (Lipinski definition) is 3. The molecule has 5 rings (SSSR count). The third-order valence-electron chi connectivity index (χ3n) is 6.84. The molecule has 202 valence electrons. The van der Waals surface area contributed by atoms with Gasteiger partial charge in [0, 0.05) is 29.0 Å². The lowest BCUT2D eigenvalue weighted by Gasteiger charge is -2.50. The van der Waals surface area contributed by atoms with Crippen molar-refractivity contribution in [2.24, 2.45) is 15.9 Å². The number of hydrogen-bond acceptors (Lipinski definition) is 12. The lowest BCUT2D eigenvalue weighted by atomic mass is 10.0. The summed E-state index contributed by atoms with van der Waals surface area (Å²) in [7, 11) is 3.38. The van der Waals surface area contributed by atoms with E-state index in [2.05, 4.69) is 38.2 Å². The van der Waals surface area contributed by atoms with E-state index in [4.69, 9.17) is 10.6 Å². The number of rotatable bonds is 8. The fraction of sp³-hybridized carbons (Fsp3) is 0.478. The lowest BCUT2D eigenvalue weighted by molar-refractivity contribution is -0.689. The number of fused-ring (bicyclic) bond motifs is 1. The van der Waals surface area contributed by atoms with E-state index in [0.29, 0.717) is 23.9 Å². The highest BCUT2D eigenvalue weighted by molar-refractivity contribution is 8.00. The standard InChI is InChI=1S/C23H28N8O5S2/c1-29-7-4-6-14(29)12-5-3-8-30(9-12)10-13-11-37-21-16(20(33)31(21)17(13)22(34)35)25-19(32)15(27-36-2)18-26-23(24)38-28-18/h3,5,8-9,14,16,21,23H,4,6-7,10-11,24H2,1-2H3,(H2-,25,26,28,32,34,35)/b27-15-/t14?,16-,21?,23?/m1/s1. The van der Waals surface area contributed by atoms with Crippen LogP contribution in [-0.4, -0.2) is 82.5 Å². The van der Waals surface area contributed by atoms with Crippen molar-refractivity contribution in [3.63, 3.8) is 0 Å². The number of carbonyl (C=O) groups is 3. The van der Waals surface area contributed by atoms with Crippen molar-refractivity contribution in [1.29, 1.82) is 0 Å². The fourth-order valence-electron chi connectivity index (χ4n) is 5.08. The van der Waals surface area contributed by atoms with Gasteiger partial charge in [-0.25, -0.2) is 9.56 Å². The molecule has 0 aromatic carbocycles. The highest BCUT2D eigenvalue weighted by atomic mass is 32.2. The van der Waals surface area contributed by atoms with Crippen molar-refractivity contribution in [2.45, 2.75) is 42.3 Å². The van der Waals surface area contributed by atoms with Crippen molar-refractivity contribution in [2.75, 3.05) is 26.5 Å². The lowest BCUT2D eigenvalue weighted by Crippen LogP contribution is -2.72. The summed E-state index contributed by atoms with van der Waals surface area (Å²) < 4.78 is 4.74. The van der Waals surface area contributed by atoms with Crippen LogP contribution in [0.3, 0.4) is 0 Å². The first-order chi connectivity index (χ1) is 18.3. The Hall–Kier alpha value is -3.14. The van der Waals surface area contributed by atoms with Crippen LogP contribution in [0.15, 0.2) is 45.9 Å². The van der Waals surface area contributed by atoms with Crippen molar-refractivity contribution in [3.05, 3.63) is 41.4 Å². The topological polar surface area (TPSA) is 169 Å². The number of amides is 2. The van der Waals surface area contributed by atoms with E-state index in [1.807, 2.05) is 23.0 Å². The number of aliphatic carboxylic acids is 1. The monoisotopic (exact) mass is 560 g/mol. The molecule has 15 heteroatoms. The Bertz CT molecular complexity index is 1250. The minimum Gasteiger partial charge on any atom is -0.543 e. The predicted molar refractivity (Wildman–Crippen MR) is 139 cm³/mol. The number of carbonyl (C=O) groups excluding carboxylic acids is 3. The summed E-state index contributed by atoms with van der Waals surface area (Å²) in [4.78, 5) is 50.5. The van der Waals surface area contributed by atoms with E-state index >= 15 is 0 Å². The predicted octanol–water partition coefficient (Wildman–Crippen LogP) is -1.96. The highest BCUT2D eigenvalue weighted by Crippen LogP contribution is 2.40. The maximum absolute atomic E-state index is 13.1. The van der Waals surface area contributed by atoms with Gasteiger partial charge in [0.25, 0.3) is 11.8 Å². The molecule has 38 heavy (non-hydrogen) atoms. The van der Waals surface area contributed by atoms with E-state index in [1.165, 1.54) is 29.3 Å². The van der Waals surface area contributed by atoms with Gasteiger partial charge in [0.05, 0.1) is 11.7 Å². The van der Waals surface area contributed by atoms with Crippen LogP contribution in [0.4, 0.5) is 0 Å². The molecule has 3 unspecified atom stereocenters. The number of pyridine rings is 1. The number of β-lactam (4-membered cyclic amide) rings is 1. The quantitative estimate of drug-likeness (QED) is 0.107. The fourth-order valence-corrected chi connectivity index (χ4v) is 6.96. The van der Waals surface area contributed by atoms with Gasteiger partial charge in [-0.3, -0.25) is 25.1 Å². The van der Waals surface area contributed by atoms with Gasteiger partial charge in [-0.15, -0.1) is 11.8 Å². The second-order valence-corrected chi connectivity index (χ2v) is 11.3. The molecule has 0 radical (unpaired) electrons. The third kappa shape index (κ3) is 4.98. The first-order valence-electron chi connectivity index (χ1n) is 12.0. The number of carboxylic acid groups (broad SMARTS) is 1. The maximum Gasteiger partial charge on any atom is 0.277 e. The summed E-state index contributed by atoms with van der Waals surface area (Å²) in [6.45, 7) is 1.35. The molecule has 4 aliphatic rings. The second-order valence-electron chi connectivity index (χ2n) is 9.26. The van der Waals surface area contributed by atoms with Gasteiger partial charge < -0.3 is 24.8 Å². The minimum atomic E-state index is -1.42.